The molecule has 20 heteroatoms. The fraction of sp³-hybridized carbons (Fsp3) is 0.455. The van der Waals surface area contributed by atoms with E-state index in [2.05, 4.69) is 30.2 Å². The number of nitrogens with two attached hydrogens (primary N) is 2. The van der Waals surface area contributed by atoms with Crippen LogP contribution in [0.25, 0.3) is 0 Å². The molecule has 0 amide bonds. The van der Waals surface area contributed by atoms with Crippen molar-refractivity contribution in [3.05, 3.63) is 93.0 Å². The van der Waals surface area contributed by atoms with Gasteiger partial charge in [-0.2, -0.15) is 0 Å². The molecule has 53 heavy (non-hydrogen) atoms. The maximum absolute atomic E-state index is 12.0. The Balaban J connectivity index is 0.000000717. The molecule has 0 saturated carbocycles. The number of nitrogen functional groups attached to an aromatic ring is 1. The predicted octanol–water partition coefficient (Wildman–Crippen LogP) is 6.03. The Morgan fingerprint density at radius 1 is 0.585 bits per heavy atom. The maximum Gasteiger partial charge on any atom is 0.289 e. The Labute approximate surface area is 317 Å². The molecular weight excluding hydrogens is 772 g/mol. The third-order valence-corrected chi connectivity index (χ3v) is 10.4. The minimum atomic E-state index is -4.05. The van der Waals surface area contributed by atoms with Crippen LogP contribution in [0.2, 0.25) is 0 Å². The van der Waals surface area contributed by atoms with Gasteiger partial charge in [0.05, 0.1) is 15.5 Å². The van der Waals surface area contributed by atoms with Crippen LogP contribution in [0.1, 0.15) is 62.3 Å². The number of para-hydroxylation sites is 3. The number of nitrogens with zero attached hydrogens (tertiary/aromatic N) is 2. The Kier molecular flexibility index (Phi) is 18.7. The zero-order valence-electron chi connectivity index (χ0n) is 31.3. The minimum absolute atomic E-state index is 0.101. The molecule has 0 aliphatic rings. The summed E-state index contributed by atoms with van der Waals surface area (Å²) in [6, 6.07) is 16.6. The number of nitro groups is 2. The van der Waals surface area contributed by atoms with E-state index in [9.17, 15) is 45.5 Å². The summed E-state index contributed by atoms with van der Waals surface area (Å²) >= 11 is 0. The van der Waals surface area contributed by atoms with Crippen LogP contribution in [0, 0.1) is 36.5 Å². The standard InChI is InChI=1S/C11H16N2O4S.C11H18N2O2S.C6H4ClNO4S.C5H13N/c1-11(2,3)8-12-18(16,17)10-7-5-4-6-9(10)13(14)15;1-11(2,3)8-13-16(14,15)10-7-5-4-6-9(10)12;7-13(11,12)6-4-2-1-3-5(6)8(9)10;1-5(2,3)4-6/h4-7,12H,8H2,1-3H3;4-7,13H,8,12H2,1-3H3;1-4H;4,6H2,1-3H3. The van der Waals surface area contributed by atoms with E-state index in [4.69, 9.17) is 22.1 Å². The second-order valence-electron chi connectivity index (χ2n) is 15.0. The van der Waals surface area contributed by atoms with Crippen LogP contribution >= 0.6 is 10.7 Å². The lowest BCUT2D eigenvalue weighted by Crippen LogP contribution is -2.32. The molecule has 3 aromatic carbocycles. The molecule has 0 radical (unpaired) electrons. The molecule has 0 saturated heterocycles. The topological polar surface area (TPSA) is 265 Å². The van der Waals surface area contributed by atoms with Gasteiger partial charge in [-0.05, 0) is 47.1 Å². The van der Waals surface area contributed by atoms with E-state index < -0.39 is 55.2 Å². The number of hydrogen-bond acceptors (Lipinski definition) is 12. The van der Waals surface area contributed by atoms with Crippen molar-refractivity contribution in [2.24, 2.45) is 22.0 Å². The number of sulfonamides is 2. The smallest absolute Gasteiger partial charge is 0.289 e. The highest BCUT2D eigenvalue weighted by atomic mass is 35.7. The highest BCUT2D eigenvalue weighted by molar-refractivity contribution is 8.13. The molecule has 0 aliphatic heterocycles. The molecule has 0 spiro atoms. The van der Waals surface area contributed by atoms with Crippen LogP contribution in [-0.2, 0) is 29.1 Å². The lowest BCUT2D eigenvalue weighted by molar-refractivity contribution is -0.388. The first kappa shape index (κ1) is 49.3. The lowest BCUT2D eigenvalue weighted by Gasteiger charge is -2.19. The molecule has 3 rings (SSSR count). The van der Waals surface area contributed by atoms with Gasteiger partial charge in [-0.15, -0.1) is 0 Å². The van der Waals surface area contributed by atoms with E-state index in [0.717, 1.165) is 18.7 Å². The SMILES string of the molecule is CC(C)(C)CN.CC(C)(C)CNS(=O)(=O)c1ccccc1N.CC(C)(C)CNS(=O)(=O)c1ccccc1[N+](=O)[O-].O=[N+]([O-])c1ccccc1S(=O)(=O)Cl. The van der Waals surface area contributed by atoms with Crippen LogP contribution in [0.3, 0.4) is 0 Å². The van der Waals surface area contributed by atoms with E-state index in [1.165, 1.54) is 42.5 Å². The summed E-state index contributed by atoms with van der Waals surface area (Å²) in [7, 11) is -6.43. The zero-order valence-corrected chi connectivity index (χ0v) is 34.5. The third-order valence-electron chi connectivity index (χ3n) is 6.08. The van der Waals surface area contributed by atoms with Crippen LogP contribution in [0.5, 0.6) is 0 Å². The van der Waals surface area contributed by atoms with Gasteiger partial charge in [-0.1, -0.05) is 98.7 Å². The van der Waals surface area contributed by atoms with Crippen LogP contribution in [-0.4, -0.2) is 54.7 Å². The van der Waals surface area contributed by atoms with Crippen molar-refractivity contribution >= 4 is 56.8 Å². The maximum atomic E-state index is 12.0. The van der Waals surface area contributed by atoms with Crippen LogP contribution in [0.4, 0.5) is 17.1 Å². The molecule has 6 N–H and O–H groups in total. The summed E-state index contributed by atoms with van der Waals surface area (Å²) in [5, 5.41) is 21.1. The van der Waals surface area contributed by atoms with Crippen molar-refractivity contribution in [3.63, 3.8) is 0 Å². The van der Waals surface area contributed by atoms with E-state index in [1.807, 2.05) is 41.5 Å². The zero-order chi connectivity index (χ0) is 41.6. The van der Waals surface area contributed by atoms with E-state index in [0.29, 0.717) is 12.0 Å². The molecule has 0 bridgehead atoms. The summed E-state index contributed by atoms with van der Waals surface area (Å²) in [6.45, 7) is 19.2. The Bertz CT molecular complexity index is 2010. The van der Waals surface area contributed by atoms with Crippen molar-refractivity contribution in [1.82, 2.24) is 9.44 Å². The lowest BCUT2D eigenvalue weighted by atomic mass is 9.98. The number of hydrogen-bond donors (Lipinski definition) is 4. The number of halogens is 1. The highest BCUT2D eigenvalue weighted by Gasteiger charge is 2.26. The average Bonchev–Trinajstić information content (AvgIpc) is 3.03. The van der Waals surface area contributed by atoms with E-state index in [-0.39, 0.29) is 32.9 Å². The molecular formula is C33H51ClN6O10S3. The number of nitro benzene ring substituents is 2. The third kappa shape index (κ3) is 19.8. The fourth-order valence-corrected chi connectivity index (χ4v) is 7.05. The molecule has 298 valence electrons. The van der Waals surface area contributed by atoms with Crippen molar-refractivity contribution in [2.45, 2.75) is 77.0 Å². The number of nitrogens with one attached hydrogen (secondary N) is 2. The van der Waals surface area contributed by atoms with Crippen LogP contribution in [0.15, 0.2) is 87.5 Å². The normalized spacial score (nSPS) is 12.1. The van der Waals surface area contributed by atoms with Gasteiger partial charge in [0.15, 0.2) is 9.79 Å². The van der Waals surface area contributed by atoms with Crippen molar-refractivity contribution < 1.29 is 35.1 Å². The first-order valence-electron chi connectivity index (χ1n) is 15.8. The van der Waals surface area contributed by atoms with Gasteiger partial charge in [0.1, 0.15) is 4.90 Å². The number of rotatable bonds is 9. The summed E-state index contributed by atoms with van der Waals surface area (Å²) in [4.78, 5) is 19.0. The van der Waals surface area contributed by atoms with Gasteiger partial charge in [0.2, 0.25) is 20.0 Å². The monoisotopic (exact) mass is 822 g/mol. The fourth-order valence-electron chi connectivity index (χ4n) is 3.15. The van der Waals surface area contributed by atoms with Crippen molar-refractivity contribution in [1.29, 1.82) is 0 Å². The van der Waals surface area contributed by atoms with Gasteiger partial charge in [-0.25, -0.2) is 34.7 Å². The summed E-state index contributed by atoms with van der Waals surface area (Å²) < 4.78 is 74.4. The minimum Gasteiger partial charge on any atom is -0.398 e. The number of anilines is 1. The summed E-state index contributed by atoms with van der Waals surface area (Å²) in [5.74, 6) is 0. The van der Waals surface area contributed by atoms with Crippen molar-refractivity contribution in [2.75, 3.05) is 25.4 Å². The second kappa shape index (κ2) is 20.1. The van der Waals surface area contributed by atoms with Crippen LogP contribution < -0.4 is 20.9 Å². The summed E-state index contributed by atoms with van der Waals surface area (Å²) in [5.41, 5.74) is 10.2. The molecule has 0 heterocycles. The van der Waals surface area contributed by atoms with Gasteiger partial charge in [0, 0.05) is 35.9 Å². The largest absolute Gasteiger partial charge is 0.398 e. The molecule has 0 unspecified atom stereocenters. The second-order valence-corrected chi connectivity index (χ2v) is 21.0. The Morgan fingerprint density at radius 3 is 1.19 bits per heavy atom. The molecule has 16 nitrogen and oxygen atoms in total. The van der Waals surface area contributed by atoms with Gasteiger partial charge >= 0.3 is 0 Å². The molecule has 0 aromatic heterocycles. The van der Waals surface area contributed by atoms with Gasteiger partial charge < -0.3 is 11.5 Å². The average molecular weight is 823 g/mol. The Hall–Kier alpha value is -3.72. The summed E-state index contributed by atoms with van der Waals surface area (Å²) in [6.07, 6.45) is 0. The molecule has 0 fully saturated rings. The molecule has 0 atom stereocenters. The van der Waals surface area contributed by atoms with Crippen molar-refractivity contribution in [3.8, 4) is 0 Å². The first-order valence-corrected chi connectivity index (χ1v) is 21.1. The molecule has 3 aromatic rings. The van der Waals surface area contributed by atoms with E-state index in [1.54, 1.807) is 18.2 Å². The first-order chi connectivity index (χ1) is 23.8. The molecule has 0 aliphatic carbocycles. The predicted molar refractivity (Wildman–Crippen MR) is 208 cm³/mol. The van der Waals surface area contributed by atoms with E-state index >= 15 is 0 Å². The quantitative estimate of drug-likeness (QED) is 0.0835. The van der Waals surface area contributed by atoms with Gasteiger partial charge in [-0.3, -0.25) is 20.2 Å². The number of benzene rings is 3. The van der Waals surface area contributed by atoms with Gasteiger partial charge in [0.25, 0.3) is 20.4 Å². The highest BCUT2D eigenvalue weighted by Crippen LogP contribution is 2.26. The Morgan fingerprint density at radius 2 is 0.887 bits per heavy atom.